The van der Waals surface area contributed by atoms with Crippen LogP contribution in [-0.2, 0) is 0 Å². The van der Waals surface area contributed by atoms with E-state index in [0.29, 0.717) is 5.69 Å². The summed E-state index contributed by atoms with van der Waals surface area (Å²) in [6.45, 7) is 0. The maximum Gasteiger partial charge on any atom is 0.288 e. The Morgan fingerprint density at radius 3 is 2.60 bits per heavy atom. The lowest BCUT2D eigenvalue weighted by Gasteiger charge is -2.04. The molecule has 0 spiro atoms. The number of rotatable bonds is 4. The zero-order chi connectivity index (χ0) is 20.3. The minimum Gasteiger partial charge on any atom is -0.350 e. The molecule has 3 aromatic carbocycles. The van der Waals surface area contributed by atoms with Gasteiger partial charge in [-0.25, -0.2) is 5.43 Å². The van der Waals surface area contributed by atoms with Crippen molar-refractivity contribution in [2.75, 3.05) is 0 Å². The number of fused-ring (bicyclic) bond motifs is 2. The van der Waals surface area contributed by atoms with Crippen LogP contribution in [0, 0.1) is 0 Å². The molecule has 2 N–H and O–H groups in total. The number of pyridine rings is 1. The Hall–Kier alpha value is -4.25. The smallest absolute Gasteiger partial charge is 0.288 e. The average molecular weight is 390 g/mol. The molecule has 0 aliphatic carbocycles. The number of aromatic amines is 1. The molecule has 30 heavy (non-hydrogen) atoms. The second kappa shape index (κ2) is 7.64. The molecular weight excluding hydrogens is 372 g/mol. The molecule has 0 saturated carbocycles. The maximum absolute atomic E-state index is 12.9. The lowest BCUT2D eigenvalue weighted by atomic mass is 10.0. The number of nitrogens with one attached hydrogen (secondary N) is 2. The second-order valence-corrected chi connectivity index (χ2v) is 6.95. The van der Waals surface area contributed by atoms with Crippen LogP contribution in [0.1, 0.15) is 16.1 Å². The van der Waals surface area contributed by atoms with E-state index in [9.17, 15) is 4.79 Å². The highest BCUT2D eigenvalue weighted by atomic mass is 16.2. The molecule has 1 amide bonds. The number of hydrazone groups is 1. The Kier molecular flexibility index (Phi) is 4.54. The average Bonchev–Trinajstić information content (AvgIpc) is 3.19. The van der Waals surface area contributed by atoms with E-state index in [4.69, 9.17) is 0 Å². The van der Waals surface area contributed by atoms with E-state index in [0.717, 1.165) is 38.5 Å². The number of amides is 1. The third kappa shape index (κ3) is 3.33. The van der Waals surface area contributed by atoms with Crippen molar-refractivity contribution >= 4 is 33.9 Å². The number of carbonyl (C=O) groups is 1. The van der Waals surface area contributed by atoms with Crippen molar-refractivity contribution in [2.24, 2.45) is 5.10 Å². The normalized spacial score (nSPS) is 11.3. The molecule has 0 radical (unpaired) electrons. The molecule has 2 aromatic heterocycles. The summed E-state index contributed by atoms with van der Waals surface area (Å²) in [4.78, 5) is 20.6. The Morgan fingerprint density at radius 1 is 0.933 bits per heavy atom. The SMILES string of the molecule is O=C(NN=Cc1cnc2ccccc2c1)c1[nH]c2ccccc2c1-c1ccccc1. The van der Waals surface area contributed by atoms with Gasteiger partial charge in [0.25, 0.3) is 5.91 Å². The van der Waals surface area contributed by atoms with Crippen LogP contribution in [-0.4, -0.2) is 22.1 Å². The molecule has 5 nitrogen and oxygen atoms in total. The first-order valence-electron chi connectivity index (χ1n) is 9.64. The van der Waals surface area contributed by atoms with Crippen LogP contribution in [0.25, 0.3) is 32.9 Å². The summed E-state index contributed by atoms with van der Waals surface area (Å²) in [7, 11) is 0. The van der Waals surface area contributed by atoms with Gasteiger partial charge in [0.05, 0.1) is 11.7 Å². The predicted octanol–water partition coefficient (Wildman–Crippen LogP) is 5.15. The van der Waals surface area contributed by atoms with Crippen molar-refractivity contribution in [3.8, 4) is 11.1 Å². The molecule has 5 rings (SSSR count). The van der Waals surface area contributed by atoms with E-state index in [1.807, 2.05) is 84.9 Å². The first-order valence-corrected chi connectivity index (χ1v) is 9.64. The summed E-state index contributed by atoms with van der Waals surface area (Å²) in [6.07, 6.45) is 3.33. The third-order valence-corrected chi connectivity index (χ3v) is 4.99. The molecule has 0 fully saturated rings. The zero-order valence-corrected chi connectivity index (χ0v) is 16.0. The minimum absolute atomic E-state index is 0.296. The van der Waals surface area contributed by atoms with E-state index in [-0.39, 0.29) is 5.91 Å². The van der Waals surface area contributed by atoms with Gasteiger partial charge in [0.1, 0.15) is 5.69 Å². The molecule has 5 aromatic rings. The van der Waals surface area contributed by atoms with E-state index in [2.05, 4.69) is 20.5 Å². The number of nitrogens with zero attached hydrogens (tertiary/aromatic N) is 2. The van der Waals surface area contributed by atoms with Crippen molar-refractivity contribution in [1.29, 1.82) is 0 Å². The van der Waals surface area contributed by atoms with Crippen molar-refractivity contribution in [1.82, 2.24) is 15.4 Å². The number of para-hydroxylation sites is 2. The van der Waals surface area contributed by atoms with Gasteiger partial charge >= 0.3 is 0 Å². The van der Waals surface area contributed by atoms with Gasteiger partial charge in [-0.05, 0) is 23.8 Å². The lowest BCUT2D eigenvalue weighted by Crippen LogP contribution is -2.18. The largest absolute Gasteiger partial charge is 0.350 e. The highest BCUT2D eigenvalue weighted by Crippen LogP contribution is 2.32. The van der Waals surface area contributed by atoms with Gasteiger partial charge in [-0.15, -0.1) is 0 Å². The maximum atomic E-state index is 12.9. The number of aromatic nitrogens is 2. The van der Waals surface area contributed by atoms with E-state index in [1.54, 1.807) is 12.4 Å². The molecule has 0 aliphatic heterocycles. The number of benzene rings is 3. The highest BCUT2D eigenvalue weighted by molar-refractivity contribution is 6.09. The molecule has 2 heterocycles. The van der Waals surface area contributed by atoms with Crippen molar-refractivity contribution in [3.63, 3.8) is 0 Å². The van der Waals surface area contributed by atoms with Crippen LogP contribution in [0.5, 0.6) is 0 Å². The van der Waals surface area contributed by atoms with Gasteiger partial charge in [0.15, 0.2) is 0 Å². The van der Waals surface area contributed by atoms with Crippen molar-refractivity contribution in [3.05, 3.63) is 102 Å². The van der Waals surface area contributed by atoms with Crippen LogP contribution in [0.4, 0.5) is 0 Å². The fourth-order valence-electron chi connectivity index (χ4n) is 3.60. The Bertz CT molecular complexity index is 1390. The standard InChI is InChI=1S/C25H18N4O/c30-25(29-27-16-17-14-19-10-4-6-12-21(19)26-15-17)24-23(18-8-2-1-3-9-18)20-11-5-7-13-22(20)28-24/h1-16,28H,(H,29,30). The number of hydrogen-bond donors (Lipinski definition) is 2. The Balaban J connectivity index is 1.45. The van der Waals surface area contributed by atoms with Crippen molar-refractivity contribution in [2.45, 2.75) is 0 Å². The summed E-state index contributed by atoms with van der Waals surface area (Å²) >= 11 is 0. The molecule has 5 heteroatoms. The monoisotopic (exact) mass is 390 g/mol. The predicted molar refractivity (Wildman–Crippen MR) is 121 cm³/mol. The molecule has 0 aliphatic rings. The fraction of sp³-hybridized carbons (Fsp3) is 0. The molecule has 0 saturated heterocycles. The van der Waals surface area contributed by atoms with E-state index < -0.39 is 0 Å². The minimum atomic E-state index is -0.296. The van der Waals surface area contributed by atoms with Crippen LogP contribution in [0.15, 0.2) is 96.2 Å². The lowest BCUT2D eigenvalue weighted by molar-refractivity contribution is 0.0951. The first kappa shape index (κ1) is 17.8. The van der Waals surface area contributed by atoms with Gasteiger partial charge in [-0.2, -0.15) is 5.10 Å². The number of H-pyrrole nitrogens is 1. The molecule has 0 unspecified atom stereocenters. The second-order valence-electron chi connectivity index (χ2n) is 6.95. The number of hydrogen-bond acceptors (Lipinski definition) is 3. The van der Waals surface area contributed by atoms with Crippen LogP contribution >= 0.6 is 0 Å². The first-order chi connectivity index (χ1) is 14.8. The van der Waals surface area contributed by atoms with Gasteiger partial charge in [0, 0.05) is 33.6 Å². The number of carbonyl (C=O) groups excluding carboxylic acids is 1. The van der Waals surface area contributed by atoms with Crippen LogP contribution < -0.4 is 5.43 Å². The van der Waals surface area contributed by atoms with Crippen molar-refractivity contribution < 1.29 is 4.79 Å². The van der Waals surface area contributed by atoms with E-state index >= 15 is 0 Å². The third-order valence-electron chi connectivity index (χ3n) is 4.99. The Morgan fingerprint density at radius 2 is 1.70 bits per heavy atom. The van der Waals surface area contributed by atoms with E-state index in [1.165, 1.54) is 0 Å². The molecule has 144 valence electrons. The van der Waals surface area contributed by atoms with Gasteiger partial charge in [-0.3, -0.25) is 9.78 Å². The van der Waals surface area contributed by atoms with Crippen LogP contribution in [0.3, 0.4) is 0 Å². The van der Waals surface area contributed by atoms with Gasteiger partial charge in [-0.1, -0.05) is 66.7 Å². The van der Waals surface area contributed by atoms with Crippen LogP contribution in [0.2, 0.25) is 0 Å². The Labute approximate surface area is 173 Å². The topological polar surface area (TPSA) is 70.1 Å². The quantitative estimate of drug-likeness (QED) is 0.329. The highest BCUT2D eigenvalue weighted by Gasteiger charge is 2.18. The zero-order valence-electron chi connectivity index (χ0n) is 16.0. The molecule has 0 bridgehead atoms. The van der Waals surface area contributed by atoms with Gasteiger partial charge < -0.3 is 4.98 Å². The summed E-state index contributed by atoms with van der Waals surface area (Å²) in [5.74, 6) is -0.296. The summed E-state index contributed by atoms with van der Waals surface area (Å²) in [6, 6.07) is 27.6. The molecule has 0 atom stereocenters. The fourth-order valence-corrected chi connectivity index (χ4v) is 3.60. The van der Waals surface area contributed by atoms with Gasteiger partial charge in [0.2, 0.25) is 0 Å². The summed E-state index contributed by atoms with van der Waals surface area (Å²) in [5.41, 5.74) is 7.60. The summed E-state index contributed by atoms with van der Waals surface area (Å²) in [5, 5.41) is 6.16. The summed E-state index contributed by atoms with van der Waals surface area (Å²) < 4.78 is 0. The molecular formula is C25H18N4O.